The number of carbonyl (C=O) groups is 1. The fourth-order valence-corrected chi connectivity index (χ4v) is 3.67. The number of hydrogen-bond acceptors (Lipinski definition) is 6. The zero-order chi connectivity index (χ0) is 17.2. The molecular weight excluding hydrogens is 338 g/mol. The number of nitrogens with one attached hydrogen (secondary N) is 2. The first kappa shape index (κ1) is 17.6. The highest BCUT2D eigenvalue weighted by molar-refractivity contribution is 7.89. The Labute approximate surface area is 139 Å². The van der Waals surface area contributed by atoms with E-state index in [1.54, 1.807) is 7.05 Å². The average Bonchev–Trinajstić information content (AvgIpc) is 3.05. The van der Waals surface area contributed by atoms with Crippen molar-refractivity contribution in [2.75, 3.05) is 12.4 Å². The van der Waals surface area contributed by atoms with E-state index >= 15 is 0 Å². The molecule has 0 radical (unpaired) electrons. The van der Waals surface area contributed by atoms with Gasteiger partial charge in [-0.15, -0.1) is 10.2 Å². The van der Waals surface area contributed by atoms with E-state index in [2.05, 4.69) is 34.1 Å². The number of sulfonamides is 1. The second-order valence-electron chi connectivity index (χ2n) is 5.43. The van der Waals surface area contributed by atoms with Gasteiger partial charge in [0.15, 0.2) is 0 Å². The summed E-state index contributed by atoms with van der Waals surface area (Å²) < 4.78 is 27.2. The minimum Gasteiger partial charge on any atom is -0.345 e. The number of anilines is 1. The lowest BCUT2D eigenvalue weighted by molar-refractivity contribution is 0.101. The lowest BCUT2D eigenvalue weighted by Gasteiger charge is -2.01. The lowest BCUT2D eigenvalue weighted by atomic mass is 10.1. The van der Waals surface area contributed by atoms with E-state index in [1.807, 2.05) is 0 Å². The van der Waals surface area contributed by atoms with Crippen LogP contribution in [0, 0.1) is 5.92 Å². The van der Waals surface area contributed by atoms with Crippen LogP contribution in [0.4, 0.5) is 5.13 Å². The third-order valence-corrected chi connectivity index (χ3v) is 5.30. The zero-order valence-electron chi connectivity index (χ0n) is 13.3. The third kappa shape index (κ3) is 4.15. The van der Waals surface area contributed by atoms with Crippen LogP contribution < -0.4 is 10.0 Å². The molecule has 0 unspecified atom stereocenters. The van der Waals surface area contributed by atoms with Crippen LogP contribution in [-0.4, -0.2) is 36.1 Å². The highest BCUT2D eigenvalue weighted by atomic mass is 32.2. The van der Waals surface area contributed by atoms with Gasteiger partial charge >= 0.3 is 0 Å². The topological polar surface area (TPSA) is 106 Å². The Morgan fingerprint density at radius 2 is 2.09 bits per heavy atom. The second kappa shape index (κ2) is 6.77. The van der Waals surface area contributed by atoms with Crippen molar-refractivity contribution < 1.29 is 13.2 Å². The first-order valence-corrected chi connectivity index (χ1v) is 9.26. The molecule has 2 aromatic rings. The molecule has 2 N–H and O–H groups in total. The normalized spacial score (nSPS) is 11.9. The molecule has 10 heteroatoms. The SMILES string of the molecule is CNS(=O)(=O)c1cc(C(=O)Nc2nnc(CC(C)C)s2)n(C)c1. The minimum atomic E-state index is -3.59. The Morgan fingerprint density at radius 3 is 2.70 bits per heavy atom. The van der Waals surface area contributed by atoms with Gasteiger partial charge in [-0.25, -0.2) is 13.1 Å². The van der Waals surface area contributed by atoms with E-state index in [0.717, 1.165) is 11.4 Å². The summed E-state index contributed by atoms with van der Waals surface area (Å²) in [4.78, 5) is 12.3. The third-order valence-electron chi connectivity index (χ3n) is 3.06. The molecule has 0 aliphatic carbocycles. The van der Waals surface area contributed by atoms with E-state index in [9.17, 15) is 13.2 Å². The largest absolute Gasteiger partial charge is 0.345 e. The number of amides is 1. The first-order chi connectivity index (χ1) is 10.7. The van der Waals surface area contributed by atoms with Crippen molar-refractivity contribution in [1.29, 1.82) is 0 Å². The summed E-state index contributed by atoms with van der Waals surface area (Å²) in [6.45, 7) is 4.15. The van der Waals surface area contributed by atoms with Gasteiger partial charge < -0.3 is 4.57 Å². The van der Waals surface area contributed by atoms with Crippen LogP contribution in [0.1, 0.15) is 29.3 Å². The van der Waals surface area contributed by atoms with E-state index in [-0.39, 0.29) is 10.6 Å². The van der Waals surface area contributed by atoms with Gasteiger partial charge in [-0.2, -0.15) is 0 Å². The molecule has 0 saturated heterocycles. The van der Waals surface area contributed by atoms with Crippen LogP contribution in [0.5, 0.6) is 0 Å². The summed E-state index contributed by atoms with van der Waals surface area (Å²) in [5.41, 5.74) is 0.222. The molecular formula is C13H19N5O3S2. The molecule has 2 aromatic heterocycles. The van der Waals surface area contributed by atoms with Crippen LogP contribution in [0.3, 0.4) is 0 Å². The number of rotatable bonds is 6. The van der Waals surface area contributed by atoms with Gasteiger partial charge in [0.1, 0.15) is 15.6 Å². The van der Waals surface area contributed by atoms with Crippen LogP contribution in [0.25, 0.3) is 0 Å². The van der Waals surface area contributed by atoms with Gasteiger partial charge in [0.25, 0.3) is 5.91 Å². The summed E-state index contributed by atoms with van der Waals surface area (Å²) in [7, 11) is -0.668. The molecule has 0 bridgehead atoms. The summed E-state index contributed by atoms with van der Waals surface area (Å²) in [5, 5.41) is 11.8. The predicted octanol–water partition coefficient (Wildman–Crippen LogP) is 1.24. The molecule has 1 amide bonds. The van der Waals surface area contributed by atoms with E-state index in [0.29, 0.717) is 11.0 Å². The quantitative estimate of drug-likeness (QED) is 0.809. The van der Waals surface area contributed by atoms with Crippen molar-refractivity contribution in [2.24, 2.45) is 13.0 Å². The summed E-state index contributed by atoms with van der Waals surface area (Å²) in [5.74, 6) is 0.0194. The van der Waals surface area contributed by atoms with Crippen molar-refractivity contribution in [3.8, 4) is 0 Å². The maximum absolute atomic E-state index is 12.3. The Morgan fingerprint density at radius 1 is 1.39 bits per heavy atom. The van der Waals surface area contributed by atoms with Gasteiger partial charge in [-0.3, -0.25) is 10.1 Å². The smallest absolute Gasteiger partial charge is 0.274 e. The number of carbonyl (C=O) groups excluding carboxylic acids is 1. The summed E-state index contributed by atoms with van der Waals surface area (Å²) in [6.07, 6.45) is 2.17. The van der Waals surface area contributed by atoms with Crippen molar-refractivity contribution in [2.45, 2.75) is 25.2 Å². The van der Waals surface area contributed by atoms with E-state index in [4.69, 9.17) is 0 Å². The monoisotopic (exact) mass is 357 g/mol. The van der Waals surface area contributed by atoms with Crippen LogP contribution in [-0.2, 0) is 23.5 Å². The number of aryl methyl sites for hydroxylation is 1. The Hall–Kier alpha value is -1.78. The molecule has 2 rings (SSSR count). The summed E-state index contributed by atoms with van der Waals surface area (Å²) in [6, 6.07) is 1.32. The van der Waals surface area contributed by atoms with Crippen molar-refractivity contribution >= 4 is 32.4 Å². The lowest BCUT2D eigenvalue weighted by Crippen LogP contribution is -2.18. The zero-order valence-corrected chi connectivity index (χ0v) is 15.0. The molecule has 8 nitrogen and oxygen atoms in total. The molecule has 0 atom stereocenters. The van der Waals surface area contributed by atoms with Gasteiger partial charge in [0.2, 0.25) is 15.2 Å². The number of nitrogens with zero attached hydrogens (tertiary/aromatic N) is 3. The average molecular weight is 357 g/mol. The van der Waals surface area contributed by atoms with Gasteiger partial charge in [0.05, 0.1) is 0 Å². The molecule has 23 heavy (non-hydrogen) atoms. The van der Waals surface area contributed by atoms with Crippen LogP contribution in [0.15, 0.2) is 17.2 Å². The van der Waals surface area contributed by atoms with E-state index < -0.39 is 15.9 Å². The Kier molecular flexibility index (Phi) is 5.17. The fraction of sp³-hybridized carbons (Fsp3) is 0.462. The molecule has 126 valence electrons. The minimum absolute atomic E-state index is 0.0328. The van der Waals surface area contributed by atoms with Crippen molar-refractivity contribution in [3.63, 3.8) is 0 Å². The molecule has 0 fully saturated rings. The van der Waals surface area contributed by atoms with Gasteiger partial charge in [-0.1, -0.05) is 25.2 Å². The maximum atomic E-state index is 12.3. The van der Waals surface area contributed by atoms with Gasteiger partial charge in [0, 0.05) is 19.7 Å². The second-order valence-corrected chi connectivity index (χ2v) is 8.38. The molecule has 0 aliphatic heterocycles. The van der Waals surface area contributed by atoms with Crippen LogP contribution in [0.2, 0.25) is 0 Å². The fourth-order valence-electron chi connectivity index (χ4n) is 1.92. The highest BCUT2D eigenvalue weighted by Gasteiger charge is 2.20. The molecule has 0 spiro atoms. The number of hydrogen-bond donors (Lipinski definition) is 2. The molecule has 0 aliphatic rings. The van der Waals surface area contributed by atoms with Crippen molar-refractivity contribution in [3.05, 3.63) is 23.0 Å². The van der Waals surface area contributed by atoms with E-state index in [1.165, 1.54) is 35.2 Å². The molecule has 0 saturated carbocycles. The Bertz CT molecular complexity index is 807. The highest BCUT2D eigenvalue weighted by Crippen LogP contribution is 2.20. The number of aromatic nitrogens is 3. The predicted molar refractivity (Wildman–Crippen MR) is 88.1 cm³/mol. The summed E-state index contributed by atoms with van der Waals surface area (Å²) >= 11 is 1.31. The first-order valence-electron chi connectivity index (χ1n) is 6.96. The molecule has 2 heterocycles. The maximum Gasteiger partial charge on any atom is 0.274 e. The standard InChI is InChI=1S/C13H19N5O3S2/c1-8(2)5-11-16-17-13(22-11)15-12(19)10-6-9(7-18(10)4)23(20,21)14-3/h6-8,14H,5H2,1-4H3,(H,15,17,19). The Balaban J connectivity index is 2.17. The molecule has 0 aromatic carbocycles. The van der Waals surface area contributed by atoms with Crippen molar-refractivity contribution in [1.82, 2.24) is 19.5 Å². The van der Waals surface area contributed by atoms with Gasteiger partial charge in [-0.05, 0) is 19.0 Å². The van der Waals surface area contributed by atoms with Crippen LogP contribution >= 0.6 is 11.3 Å².